The van der Waals surface area contributed by atoms with Gasteiger partial charge in [0, 0.05) is 6.04 Å². The number of benzene rings is 1. The highest BCUT2D eigenvalue weighted by atomic mass is 16.3. The van der Waals surface area contributed by atoms with E-state index in [1.165, 1.54) is 0 Å². The number of aliphatic hydroxyl groups is 1. The van der Waals surface area contributed by atoms with E-state index >= 15 is 0 Å². The molecule has 0 fully saturated rings. The fourth-order valence-corrected chi connectivity index (χ4v) is 1.65. The van der Waals surface area contributed by atoms with E-state index in [0.717, 1.165) is 18.4 Å². The summed E-state index contributed by atoms with van der Waals surface area (Å²) < 4.78 is 0. The molecule has 2 N–H and O–H groups in total. The molecular weight excluding hydrogens is 174 g/mol. The summed E-state index contributed by atoms with van der Waals surface area (Å²) in [6.07, 6.45) is 1.67. The Balaban J connectivity index is 2.67. The lowest BCUT2D eigenvalue weighted by molar-refractivity contribution is 0.127. The van der Waals surface area contributed by atoms with Crippen molar-refractivity contribution >= 4 is 0 Å². The van der Waals surface area contributed by atoms with Crippen LogP contribution in [0.1, 0.15) is 31.4 Å². The van der Waals surface area contributed by atoms with Gasteiger partial charge >= 0.3 is 0 Å². The molecule has 2 nitrogen and oxygen atoms in total. The van der Waals surface area contributed by atoms with Crippen molar-refractivity contribution in [2.24, 2.45) is 0 Å². The van der Waals surface area contributed by atoms with Gasteiger partial charge in [-0.2, -0.15) is 0 Å². The highest BCUT2D eigenvalue weighted by Gasteiger charge is 2.17. The zero-order valence-electron chi connectivity index (χ0n) is 8.90. The van der Waals surface area contributed by atoms with Gasteiger partial charge < -0.3 is 10.4 Å². The number of nitrogens with one attached hydrogen (secondary N) is 1. The summed E-state index contributed by atoms with van der Waals surface area (Å²) in [6, 6.07) is 9.95. The smallest absolute Gasteiger partial charge is 0.0942 e. The molecule has 0 spiro atoms. The van der Waals surface area contributed by atoms with Crippen LogP contribution in [0.15, 0.2) is 30.3 Å². The lowest BCUT2D eigenvalue weighted by atomic mass is 9.99. The number of rotatable bonds is 5. The van der Waals surface area contributed by atoms with E-state index in [-0.39, 0.29) is 6.04 Å². The average Bonchev–Trinajstić information content (AvgIpc) is 2.26. The molecule has 14 heavy (non-hydrogen) atoms. The van der Waals surface area contributed by atoms with Crippen molar-refractivity contribution in [1.82, 2.24) is 5.32 Å². The lowest BCUT2D eigenvalue weighted by Crippen LogP contribution is -2.31. The van der Waals surface area contributed by atoms with Crippen molar-refractivity contribution in [3.63, 3.8) is 0 Å². The van der Waals surface area contributed by atoms with Crippen molar-refractivity contribution < 1.29 is 5.11 Å². The van der Waals surface area contributed by atoms with Gasteiger partial charge in [0.15, 0.2) is 0 Å². The van der Waals surface area contributed by atoms with Crippen LogP contribution in [-0.2, 0) is 0 Å². The van der Waals surface area contributed by atoms with Crippen LogP contribution >= 0.6 is 0 Å². The molecule has 0 unspecified atom stereocenters. The normalized spacial score (nSPS) is 15.1. The second-order valence-corrected chi connectivity index (χ2v) is 3.54. The van der Waals surface area contributed by atoms with Gasteiger partial charge in [0.05, 0.1) is 6.10 Å². The average molecular weight is 193 g/mol. The predicted molar refractivity (Wildman–Crippen MR) is 59.2 cm³/mol. The van der Waals surface area contributed by atoms with Crippen LogP contribution in [0.4, 0.5) is 0 Å². The Morgan fingerprint density at radius 1 is 1.29 bits per heavy atom. The van der Waals surface area contributed by atoms with Crippen molar-refractivity contribution in [3.05, 3.63) is 35.9 Å². The monoisotopic (exact) mass is 193 g/mol. The van der Waals surface area contributed by atoms with Gasteiger partial charge in [-0.3, -0.25) is 0 Å². The maximum atomic E-state index is 10.0. The van der Waals surface area contributed by atoms with Crippen LogP contribution in [0.5, 0.6) is 0 Å². The molecule has 2 atom stereocenters. The molecule has 0 aliphatic rings. The summed E-state index contributed by atoms with van der Waals surface area (Å²) >= 11 is 0. The van der Waals surface area contributed by atoms with Gasteiger partial charge in [-0.25, -0.2) is 0 Å². The van der Waals surface area contributed by atoms with E-state index in [9.17, 15) is 5.11 Å². The second-order valence-electron chi connectivity index (χ2n) is 3.54. The van der Waals surface area contributed by atoms with Gasteiger partial charge in [0.2, 0.25) is 0 Å². The van der Waals surface area contributed by atoms with Crippen LogP contribution < -0.4 is 5.32 Å². The first kappa shape index (κ1) is 11.2. The van der Waals surface area contributed by atoms with E-state index in [0.29, 0.717) is 0 Å². The fraction of sp³-hybridized carbons (Fsp3) is 0.500. The Bertz CT molecular complexity index is 248. The van der Waals surface area contributed by atoms with E-state index in [1.54, 1.807) is 0 Å². The van der Waals surface area contributed by atoms with Crippen LogP contribution in [0.25, 0.3) is 0 Å². The summed E-state index contributed by atoms with van der Waals surface area (Å²) in [5.41, 5.74) is 0.986. The Kier molecular flexibility index (Phi) is 4.63. The third-order valence-corrected chi connectivity index (χ3v) is 2.49. The molecule has 1 aromatic carbocycles. The van der Waals surface area contributed by atoms with E-state index in [4.69, 9.17) is 0 Å². The molecule has 0 radical (unpaired) electrons. The first-order valence-corrected chi connectivity index (χ1v) is 5.19. The molecule has 2 heteroatoms. The van der Waals surface area contributed by atoms with Crippen LogP contribution in [-0.4, -0.2) is 18.2 Å². The minimum atomic E-state index is -0.402. The minimum absolute atomic E-state index is 0.155. The molecule has 78 valence electrons. The first-order chi connectivity index (χ1) is 6.79. The molecule has 0 amide bonds. The van der Waals surface area contributed by atoms with Crippen LogP contribution in [0, 0.1) is 0 Å². The molecule has 0 bridgehead atoms. The Labute approximate surface area is 86.0 Å². The summed E-state index contributed by atoms with van der Waals surface area (Å²) in [7, 11) is 1.90. The summed E-state index contributed by atoms with van der Waals surface area (Å²) in [6.45, 7) is 2.13. The van der Waals surface area contributed by atoms with Crippen molar-refractivity contribution in [3.8, 4) is 0 Å². The van der Waals surface area contributed by atoms with Crippen LogP contribution in [0.3, 0.4) is 0 Å². The largest absolute Gasteiger partial charge is 0.387 e. The van der Waals surface area contributed by atoms with E-state index in [1.807, 2.05) is 37.4 Å². The van der Waals surface area contributed by atoms with Crippen molar-refractivity contribution in [1.29, 1.82) is 0 Å². The summed E-state index contributed by atoms with van der Waals surface area (Å²) in [5.74, 6) is 0. The number of hydrogen-bond acceptors (Lipinski definition) is 2. The predicted octanol–water partition coefficient (Wildman–Crippen LogP) is 2.11. The molecule has 0 saturated heterocycles. The first-order valence-electron chi connectivity index (χ1n) is 5.19. The van der Waals surface area contributed by atoms with Gasteiger partial charge in [0.1, 0.15) is 0 Å². The Morgan fingerprint density at radius 2 is 1.93 bits per heavy atom. The van der Waals surface area contributed by atoms with Crippen molar-refractivity contribution in [2.75, 3.05) is 7.05 Å². The quantitative estimate of drug-likeness (QED) is 0.750. The highest BCUT2D eigenvalue weighted by Crippen LogP contribution is 2.18. The maximum Gasteiger partial charge on any atom is 0.0942 e. The fourth-order valence-electron chi connectivity index (χ4n) is 1.65. The highest BCUT2D eigenvalue weighted by molar-refractivity contribution is 5.18. The molecular formula is C12H19NO. The second kappa shape index (κ2) is 5.78. The van der Waals surface area contributed by atoms with Gasteiger partial charge in [-0.05, 0) is 19.0 Å². The summed E-state index contributed by atoms with van der Waals surface area (Å²) in [4.78, 5) is 0. The van der Waals surface area contributed by atoms with E-state index < -0.39 is 6.10 Å². The number of hydrogen-bond donors (Lipinski definition) is 2. The molecule has 0 heterocycles. The van der Waals surface area contributed by atoms with Gasteiger partial charge in [0.25, 0.3) is 0 Å². The van der Waals surface area contributed by atoms with Gasteiger partial charge in [-0.15, -0.1) is 0 Å². The molecule has 0 aromatic heterocycles. The van der Waals surface area contributed by atoms with Crippen LogP contribution in [0.2, 0.25) is 0 Å². The maximum absolute atomic E-state index is 10.0. The number of aliphatic hydroxyl groups excluding tert-OH is 1. The standard InChI is InChI=1S/C12H19NO/c1-3-7-11(13-2)12(14)10-8-5-4-6-9-10/h4-6,8-9,11-14H,3,7H2,1-2H3/t11-,12+/m0/s1. The molecule has 0 aliphatic heterocycles. The molecule has 1 rings (SSSR count). The SMILES string of the molecule is CCC[C@H](NC)[C@H](O)c1ccccc1. The third kappa shape index (κ3) is 2.82. The van der Waals surface area contributed by atoms with Crippen molar-refractivity contribution in [2.45, 2.75) is 31.9 Å². The minimum Gasteiger partial charge on any atom is -0.387 e. The Hall–Kier alpha value is -0.860. The summed E-state index contributed by atoms with van der Waals surface area (Å²) in [5, 5.41) is 13.2. The lowest BCUT2D eigenvalue weighted by Gasteiger charge is -2.22. The van der Waals surface area contributed by atoms with E-state index in [2.05, 4.69) is 12.2 Å². The molecule has 0 aliphatic carbocycles. The molecule has 0 saturated carbocycles. The zero-order chi connectivity index (χ0) is 10.4. The third-order valence-electron chi connectivity index (χ3n) is 2.49. The zero-order valence-corrected chi connectivity index (χ0v) is 8.90. The van der Waals surface area contributed by atoms with Gasteiger partial charge in [-0.1, -0.05) is 43.7 Å². The number of likely N-dealkylation sites (N-methyl/N-ethyl adjacent to an activating group) is 1. The topological polar surface area (TPSA) is 32.3 Å². The molecule has 1 aromatic rings. The Morgan fingerprint density at radius 3 is 2.43 bits per heavy atom.